The molecule has 0 atom stereocenters. The Morgan fingerprint density at radius 2 is 1.64 bits per heavy atom. The number of aromatic nitrogens is 1. The van der Waals surface area contributed by atoms with Gasteiger partial charge in [0.1, 0.15) is 23.0 Å². The fraction of sp³-hybridized carbons (Fsp3) is 0. The summed E-state index contributed by atoms with van der Waals surface area (Å²) in [6.45, 7) is 0. The van der Waals surface area contributed by atoms with E-state index in [0.717, 1.165) is 24.3 Å². The highest BCUT2D eigenvalue weighted by Crippen LogP contribution is 2.26. The highest BCUT2D eigenvalue weighted by molar-refractivity contribution is 6.30. The van der Waals surface area contributed by atoms with Gasteiger partial charge in [0.25, 0.3) is 5.56 Å². The molecule has 0 aliphatic rings. The van der Waals surface area contributed by atoms with Crippen LogP contribution in [0.15, 0.2) is 68.6 Å². The zero-order valence-corrected chi connectivity index (χ0v) is 14.6. The fourth-order valence-corrected chi connectivity index (χ4v) is 3.04. The largest absolute Gasteiger partial charge is 0.426 e. The molecule has 28 heavy (non-hydrogen) atoms. The predicted octanol–water partition coefficient (Wildman–Crippen LogP) is 4.68. The Kier molecular flexibility index (Phi) is 4.31. The molecule has 0 aliphatic heterocycles. The molecule has 0 bridgehead atoms. The Balaban J connectivity index is 1.97. The van der Waals surface area contributed by atoms with Crippen LogP contribution in [0, 0.1) is 17.5 Å². The van der Waals surface area contributed by atoms with Crippen molar-refractivity contribution in [2.45, 2.75) is 0 Å². The summed E-state index contributed by atoms with van der Waals surface area (Å²) in [7, 11) is 0. The van der Waals surface area contributed by atoms with Crippen LogP contribution in [0.4, 0.5) is 13.2 Å². The average molecular weight is 404 g/mol. The Labute approximate surface area is 160 Å². The molecule has 4 nitrogen and oxygen atoms in total. The molecule has 1 aromatic heterocycles. The van der Waals surface area contributed by atoms with Crippen molar-refractivity contribution in [3.05, 3.63) is 98.0 Å². The number of hydrogen-bond acceptors (Lipinski definition) is 3. The topological polar surface area (TPSA) is 52.2 Å². The summed E-state index contributed by atoms with van der Waals surface area (Å²) in [6.07, 6.45) is 0. The smallest absolute Gasteiger partial charge is 0.409 e. The number of hydrogen-bond donors (Lipinski definition) is 0. The molecule has 0 aliphatic carbocycles. The van der Waals surface area contributed by atoms with Crippen LogP contribution in [-0.4, -0.2) is 4.57 Å². The summed E-state index contributed by atoms with van der Waals surface area (Å²) < 4.78 is 46.5. The van der Waals surface area contributed by atoms with Crippen molar-refractivity contribution in [2.75, 3.05) is 0 Å². The van der Waals surface area contributed by atoms with E-state index in [2.05, 4.69) is 0 Å². The van der Waals surface area contributed by atoms with Gasteiger partial charge >= 0.3 is 5.76 Å². The first-order chi connectivity index (χ1) is 13.3. The van der Waals surface area contributed by atoms with Gasteiger partial charge in [-0.2, -0.15) is 0 Å². The van der Waals surface area contributed by atoms with Crippen molar-refractivity contribution in [3.63, 3.8) is 0 Å². The van der Waals surface area contributed by atoms with Crippen molar-refractivity contribution < 1.29 is 17.6 Å². The van der Waals surface area contributed by atoms with Crippen LogP contribution >= 0.6 is 11.6 Å². The fourth-order valence-electron chi connectivity index (χ4n) is 2.87. The summed E-state index contributed by atoms with van der Waals surface area (Å²) in [6, 6.07) is 10.5. The monoisotopic (exact) mass is 403 g/mol. The average Bonchev–Trinajstić information content (AvgIpc) is 2.64. The molecular weight excluding hydrogens is 395 g/mol. The summed E-state index contributed by atoms with van der Waals surface area (Å²) in [5.41, 5.74) is -0.376. The van der Waals surface area contributed by atoms with Gasteiger partial charge in [0.05, 0.1) is 16.1 Å². The summed E-state index contributed by atoms with van der Waals surface area (Å²) in [5, 5.41) is -0.285. The lowest BCUT2D eigenvalue weighted by molar-refractivity contribution is 0.503. The third-order valence-corrected chi connectivity index (χ3v) is 4.49. The van der Waals surface area contributed by atoms with Gasteiger partial charge in [0.15, 0.2) is 0 Å². The Morgan fingerprint density at radius 3 is 2.36 bits per heavy atom. The lowest BCUT2D eigenvalue weighted by atomic mass is 10.0. The Hall–Kier alpha value is -3.32. The minimum Gasteiger partial charge on any atom is -0.409 e. The van der Waals surface area contributed by atoms with Crippen molar-refractivity contribution in [1.82, 2.24) is 4.57 Å². The second-order valence-corrected chi connectivity index (χ2v) is 6.35. The third-order valence-electron chi connectivity index (χ3n) is 4.20. The van der Waals surface area contributed by atoms with Crippen LogP contribution in [0.3, 0.4) is 0 Å². The molecule has 0 saturated heterocycles. The SMILES string of the molecule is O=c1oc2ccc(-c3ccc(F)cc3F)cc2c(=O)n1-c1ccc(F)c(Cl)c1. The van der Waals surface area contributed by atoms with Gasteiger partial charge in [-0.3, -0.25) is 4.79 Å². The molecule has 4 aromatic rings. The Bertz CT molecular complexity index is 1360. The van der Waals surface area contributed by atoms with Gasteiger partial charge in [-0.05, 0) is 48.0 Å². The number of fused-ring (bicyclic) bond motifs is 1. The van der Waals surface area contributed by atoms with E-state index in [4.69, 9.17) is 16.0 Å². The van der Waals surface area contributed by atoms with Crippen LogP contribution in [0.1, 0.15) is 0 Å². The first-order valence-corrected chi connectivity index (χ1v) is 8.34. The standard InChI is InChI=1S/C20H9ClF3NO3/c21-15-9-12(3-5-16(15)23)25-19(26)14-7-10(1-6-18(14)28-20(25)27)13-4-2-11(22)8-17(13)24/h1-9H. The van der Waals surface area contributed by atoms with Crippen molar-refractivity contribution in [2.24, 2.45) is 0 Å². The summed E-state index contributed by atoms with van der Waals surface area (Å²) >= 11 is 5.73. The number of nitrogens with zero attached hydrogens (tertiary/aromatic N) is 1. The van der Waals surface area contributed by atoms with E-state index >= 15 is 0 Å². The summed E-state index contributed by atoms with van der Waals surface area (Å²) in [4.78, 5) is 25.1. The van der Waals surface area contributed by atoms with E-state index in [1.165, 1.54) is 30.3 Å². The van der Waals surface area contributed by atoms with E-state index in [-0.39, 0.29) is 27.2 Å². The minimum atomic E-state index is -0.985. The van der Waals surface area contributed by atoms with Crippen molar-refractivity contribution in [3.8, 4) is 16.8 Å². The molecular formula is C20H9ClF3NO3. The third kappa shape index (κ3) is 2.99. The highest BCUT2D eigenvalue weighted by Gasteiger charge is 2.15. The lowest BCUT2D eigenvalue weighted by Gasteiger charge is -2.08. The van der Waals surface area contributed by atoms with Crippen LogP contribution in [-0.2, 0) is 0 Å². The van der Waals surface area contributed by atoms with Crippen LogP contribution in [0.5, 0.6) is 0 Å². The second-order valence-electron chi connectivity index (χ2n) is 5.94. The van der Waals surface area contributed by atoms with Crippen LogP contribution in [0.25, 0.3) is 27.8 Å². The molecule has 0 saturated carbocycles. The number of halogens is 4. The first-order valence-electron chi connectivity index (χ1n) is 7.96. The Morgan fingerprint density at radius 1 is 0.857 bits per heavy atom. The van der Waals surface area contributed by atoms with Gasteiger partial charge < -0.3 is 4.42 Å². The molecule has 0 spiro atoms. The second kappa shape index (κ2) is 6.69. The number of benzene rings is 3. The predicted molar refractivity (Wildman–Crippen MR) is 98.4 cm³/mol. The van der Waals surface area contributed by atoms with E-state index in [0.29, 0.717) is 10.1 Å². The quantitative estimate of drug-likeness (QED) is 0.488. The molecule has 3 aromatic carbocycles. The molecule has 4 rings (SSSR count). The zero-order valence-electron chi connectivity index (χ0n) is 13.9. The molecule has 8 heteroatoms. The van der Waals surface area contributed by atoms with Crippen molar-refractivity contribution >= 4 is 22.6 Å². The van der Waals surface area contributed by atoms with E-state index in [1.54, 1.807) is 0 Å². The van der Waals surface area contributed by atoms with Gasteiger partial charge in [-0.25, -0.2) is 22.5 Å². The maximum Gasteiger partial charge on any atom is 0.426 e. The maximum absolute atomic E-state index is 14.1. The molecule has 140 valence electrons. The minimum absolute atomic E-state index is 0.00858. The van der Waals surface area contributed by atoms with Gasteiger partial charge in [0.2, 0.25) is 0 Å². The molecule has 0 unspecified atom stereocenters. The first kappa shape index (κ1) is 18.1. The van der Waals surface area contributed by atoms with Gasteiger partial charge in [-0.15, -0.1) is 0 Å². The highest BCUT2D eigenvalue weighted by atomic mass is 35.5. The molecule has 1 heterocycles. The van der Waals surface area contributed by atoms with Crippen LogP contribution < -0.4 is 11.3 Å². The van der Waals surface area contributed by atoms with Gasteiger partial charge in [0, 0.05) is 11.6 Å². The van der Waals surface area contributed by atoms with E-state index < -0.39 is 28.8 Å². The maximum atomic E-state index is 14.1. The van der Waals surface area contributed by atoms with E-state index in [1.807, 2.05) is 0 Å². The van der Waals surface area contributed by atoms with E-state index in [9.17, 15) is 22.8 Å². The summed E-state index contributed by atoms with van der Waals surface area (Å²) in [5.74, 6) is -3.23. The van der Waals surface area contributed by atoms with Gasteiger partial charge in [-0.1, -0.05) is 17.7 Å². The molecule has 0 radical (unpaired) electrons. The molecule has 0 amide bonds. The lowest BCUT2D eigenvalue weighted by Crippen LogP contribution is -2.31. The molecule has 0 N–H and O–H groups in total. The van der Waals surface area contributed by atoms with Crippen LogP contribution in [0.2, 0.25) is 5.02 Å². The normalized spacial score (nSPS) is 11.1. The molecule has 0 fully saturated rings. The van der Waals surface area contributed by atoms with Crippen molar-refractivity contribution in [1.29, 1.82) is 0 Å². The number of rotatable bonds is 2. The zero-order chi connectivity index (χ0) is 20.0.